The number of halogens is 1. The van der Waals surface area contributed by atoms with Crippen LogP contribution in [0.25, 0.3) is 6.08 Å². The van der Waals surface area contributed by atoms with Crippen LogP contribution in [0, 0.1) is 6.92 Å². The minimum Gasteiger partial charge on any atom is -0.321 e. The number of Topliss-reactive ketones (excluding diaryl/α,β-unsaturated/α-hetero) is 1. The average Bonchev–Trinajstić information content (AvgIpc) is 2.93. The molecule has 4 aromatic carbocycles. The lowest BCUT2D eigenvalue weighted by Crippen LogP contribution is -2.30. The number of aryl methyl sites for hydroxylation is 1. The van der Waals surface area contributed by atoms with E-state index in [9.17, 15) is 14.4 Å². The van der Waals surface area contributed by atoms with Gasteiger partial charge in [0, 0.05) is 26.2 Å². The van der Waals surface area contributed by atoms with Gasteiger partial charge in [0.15, 0.2) is 5.78 Å². The number of nitrogens with one attached hydrogen (secondary N) is 2. The van der Waals surface area contributed by atoms with Gasteiger partial charge in [-0.3, -0.25) is 14.4 Å². The van der Waals surface area contributed by atoms with Crippen molar-refractivity contribution in [3.8, 4) is 0 Å². The zero-order chi connectivity index (χ0) is 26.9. The molecule has 0 aliphatic rings. The van der Waals surface area contributed by atoms with E-state index in [1.165, 1.54) is 11.8 Å². The van der Waals surface area contributed by atoms with Crippen LogP contribution < -0.4 is 10.6 Å². The van der Waals surface area contributed by atoms with E-state index in [1.54, 1.807) is 42.5 Å². The molecule has 2 amide bonds. The Labute approximate surface area is 234 Å². The Kier molecular flexibility index (Phi) is 9.30. The number of ketones is 1. The normalized spacial score (nSPS) is 11.1. The molecule has 4 rings (SSSR count). The number of rotatable bonds is 9. The fourth-order valence-electron chi connectivity index (χ4n) is 3.50. The van der Waals surface area contributed by atoms with Crippen LogP contribution in [0.3, 0.4) is 0 Å². The van der Waals surface area contributed by atoms with Gasteiger partial charge in [0.05, 0.1) is 5.75 Å². The van der Waals surface area contributed by atoms with Crippen LogP contribution in [0.4, 0.5) is 5.69 Å². The van der Waals surface area contributed by atoms with Crippen LogP contribution in [0.2, 0.25) is 0 Å². The van der Waals surface area contributed by atoms with Crippen molar-refractivity contribution in [1.82, 2.24) is 5.32 Å². The number of anilines is 1. The first-order valence-corrected chi connectivity index (χ1v) is 13.6. The fraction of sp³-hybridized carbons (Fsp3) is 0.0645. The van der Waals surface area contributed by atoms with Crippen molar-refractivity contribution in [1.29, 1.82) is 0 Å². The molecular weight excluding hydrogens is 560 g/mol. The smallest absolute Gasteiger partial charge is 0.272 e. The van der Waals surface area contributed by atoms with E-state index in [0.29, 0.717) is 16.8 Å². The minimum absolute atomic E-state index is 0.0350. The number of hydrogen-bond donors (Lipinski definition) is 2. The molecule has 0 unspecified atom stereocenters. The highest BCUT2D eigenvalue weighted by molar-refractivity contribution is 9.10. The molecule has 0 aliphatic heterocycles. The third kappa shape index (κ3) is 7.78. The molecule has 190 valence electrons. The number of amides is 2. The summed E-state index contributed by atoms with van der Waals surface area (Å²) in [4.78, 5) is 39.5. The van der Waals surface area contributed by atoms with Crippen molar-refractivity contribution < 1.29 is 14.4 Å². The van der Waals surface area contributed by atoms with Crippen molar-refractivity contribution in [3.63, 3.8) is 0 Å². The van der Waals surface area contributed by atoms with E-state index in [1.807, 2.05) is 73.7 Å². The van der Waals surface area contributed by atoms with Crippen molar-refractivity contribution in [2.24, 2.45) is 0 Å². The van der Waals surface area contributed by atoms with Gasteiger partial charge < -0.3 is 10.6 Å². The number of carbonyl (C=O) groups excluding carboxylic acids is 3. The first kappa shape index (κ1) is 27.1. The lowest BCUT2D eigenvalue weighted by molar-refractivity contribution is -0.113. The Morgan fingerprint density at radius 3 is 2.24 bits per heavy atom. The van der Waals surface area contributed by atoms with Crippen LogP contribution >= 0.6 is 27.7 Å². The minimum atomic E-state index is -0.463. The van der Waals surface area contributed by atoms with Gasteiger partial charge in [-0.1, -0.05) is 82.2 Å². The predicted molar refractivity (Wildman–Crippen MR) is 157 cm³/mol. The molecule has 0 spiro atoms. The molecule has 0 heterocycles. The lowest BCUT2D eigenvalue weighted by atomic mass is 10.1. The van der Waals surface area contributed by atoms with Crippen LogP contribution in [-0.2, 0) is 4.79 Å². The SMILES string of the molecule is Cc1ccc(C(=O)CSc2cccc(NC(=O)/C(=C/c3ccc(Br)cc3)NC(=O)c3ccccc3)c2)cc1. The predicted octanol–water partition coefficient (Wildman–Crippen LogP) is 7.14. The Morgan fingerprint density at radius 2 is 1.53 bits per heavy atom. The molecule has 4 aromatic rings. The highest BCUT2D eigenvalue weighted by Crippen LogP contribution is 2.23. The zero-order valence-electron chi connectivity index (χ0n) is 20.6. The maximum Gasteiger partial charge on any atom is 0.272 e. The summed E-state index contributed by atoms with van der Waals surface area (Å²) in [7, 11) is 0. The number of hydrogen-bond acceptors (Lipinski definition) is 4. The molecular formula is C31H25BrN2O3S. The second kappa shape index (κ2) is 13.0. The van der Waals surface area contributed by atoms with E-state index in [2.05, 4.69) is 26.6 Å². The van der Waals surface area contributed by atoms with Gasteiger partial charge in [-0.25, -0.2) is 0 Å². The number of thioether (sulfide) groups is 1. The molecule has 0 saturated carbocycles. The molecule has 0 saturated heterocycles. The topological polar surface area (TPSA) is 75.3 Å². The van der Waals surface area contributed by atoms with Crippen molar-refractivity contribution in [2.45, 2.75) is 11.8 Å². The summed E-state index contributed by atoms with van der Waals surface area (Å²) >= 11 is 4.81. The van der Waals surface area contributed by atoms with Gasteiger partial charge in [0.2, 0.25) is 0 Å². The van der Waals surface area contributed by atoms with Gasteiger partial charge in [0.25, 0.3) is 11.8 Å². The second-order valence-corrected chi connectivity index (χ2v) is 10.5. The Balaban J connectivity index is 1.48. The molecule has 5 nitrogen and oxygen atoms in total. The number of carbonyl (C=O) groups is 3. The average molecular weight is 586 g/mol. The number of benzene rings is 4. The van der Waals surface area contributed by atoms with E-state index in [-0.39, 0.29) is 23.1 Å². The lowest BCUT2D eigenvalue weighted by Gasteiger charge is -2.12. The van der Waals surface area contributed by atoms with Crippen LogP contribution in [0.15, 0.2) is 118 Å². The summed E-state index contributed by atoms with van der Waals surface area (Å²) in [6.45, 7) is 1.98. The molecule has 0 atom stereocenters. The third-order valence-corrected chi connectivity index (χ3v) is 7.07. The van der Waals surface area contributed by atoms with Gasteiger partial charge >= 0.3 is 0 Å². The Hall–Kier alpha value is -3.94. The van der Waals surface area contributed by atoms with Gasteiger partial charge in [-0.05, 0) is 61.0 Å². The molecule has 0 radical (unpaired) electrons. The highest BCUT2D eigenvalue weighted by Gasteiger charge is 2.15. The first-order chi connectivity index (χ1) is 18.4. The second-order valence-electron chi connectivity index (χ2n) is 8.49. The van der Waals surface area contributed by atoms with Crippen LogP contribution in [0.5, 0.6) is 0 Å². The van der Waals surface area contributed by atoms with Gasteiger partial charge in [-0.2, -0.15) is 0 Å². The molecule has 0 aromatic heterocycles. The largest absolute Gasteiger partial charge is 0.321 e. The summed E-state index contributed by atoms with van der Waals surface area (Å²) < 4.78 is 0.907. The molecule has 0 fully saturated rings. The van der Waals surface area contributed by atoms with Crippen LogP contribution in [-0.4, -0.2) is 23.4 Å². The maximum atomic E-state index is 13.3. The summed E-state index contributed by atoms with van der Waals surface area (Å²) in [5, 5.41) is 5.61. The zero-order valence-corrected chi connectivity index (χ0v) is 23.0. The summed E-state index contributed by atoms with van der Waals surface area (Å²) in [6, 6.07) is 30.9. The third-order valence-electron chi connectivity index (χ3n) is 5.55. The molecule has 2 N–H and O–H groups in total. The quantitative estimate of drug-likeness (QED) is 0.124. The monoisotopic (exact) mass is 584 g/mol. The molecule has 0 bridgehead atoms. The Bertz CT molecular complexity index is 1470. The van der Waals surface area contributed by atoms with Gasteiger partial charge in [-0.15, -0.1) is 11.8 Å². The highest BCUT2D eigenvalue weighted by atomic mass is 79.9. The molecule has 38 heavy (non-hydrogen) atoms. The molecule has 0 aliphatic carbocycles. The summed E-state index contributed by atoms with van der Waals surface area (Å²) in [5.41, 5.74) is 3.63. The van der Waals surface area contributed by atoms with E-state index in [4.69, 9.17) is 0 Å². The van der Waals surface area contributed by atoms with Crippen molar-refractivity contribution in [2.75, 3.05) is 11.1 Å². The van der Waals surface area contributed by atoms with Gasteiger partial charge in [0.1, 0.15) is 5.70 Å². The van der Waals surface area contributed by atoms with E-state index < -0.39 is 5.91 Å². The Morgan fingerprint density at radius 1 is 0.816 bits per heavy atom. The van der Waals surface area contributed by atoms with Crippen LogP contribution in [0.1, 0.15) is 31.8 Å². The standard InChI is InChI=1S/C31H25BrN2O3S/c1-21-10-14-23(15-11-21)29(35)20-38-27-9-5-8-26(19-27)33-31(37)28(18-22-12-16-25(32)17-13-22)34-30(36)24-6-3-2-4-7-24/h2-19H,20H2,1H3,(H,33,37)(H,34,36)/b28-18-. The summed E-state index contributed by atoms with van der Waals surface area (Å²) in [5.74, 6) is -0.534. The summed E-state index contributed by atoms with van der Waals surface area (Å²) in [6.07, 6.45) is 1.63. The van der Waals surface area contributed by atoms with Crippen molar-refractivity contribution >= 4 is 57.1 Å². The fourth-order valence-corrected chi connectivity index (χ4v) is 4.62. The van der Waals surface area contributed by atoms with E-state index >= 15 is 0 Å². The van der Waals surface area contributed by atoms with E-state index in [0.717, 1.165) is 20.5 Å². The molecule has 7 heteroatoms. The first-order valence-electron chi connectivity index (χ1n) is 11.8. The van der Waals surface area contributed by atoms with Crippen molar-refractivity contribution in [3.05, 3.63) is 136 Å². The maximum absolute atomic E-state index is 13.3.